The van der Waals surface area contributed by atoms with Gasteiger partial charge in [-0.15, -0.1) is 0 Å². The highest BCUT2D eigenvalue weighted by Gasteiger charge is 2.28. The van der Waals surface area contributed by atoms with Gasteiger partial charge in [0, 0.05) is 32.6 Å². The van der Waals surface area contributed by atoms with Crippen LogP contribution in [-0.4, -0.2) is 45.3 Å². The fraction of sp³-hybridized carbons (Fsp3) is 0.923. The maximum atomic E-state index is 12.0. The van der Waals surface area contributed by atoms with Crippen LogP contribution in [0.25, 0.3) is 0 Å². The molecule has 116 valence electrons. The number of nitrogens with zero attached hydrogens (tertiary/aromatic N) is 1. The quantitative estimate of drug-likeness (QED) is 0.775. The van der Waals surface area contributed by atoms with Gasteiger partial charge in [-0.1, -0.05) is 0 Å². The highest BCUT2D eigenvalue weighted by atomic mass is 32.2. The molecular weight excluding hydrogens is 278 g/mol. The molecule has 0 unspecified atom stereocenters. The lowest BCUT2D eigenvalue weighted by Crippen LogP contribution is -2.41. The van der Waals surface area contributed by atoms with Gasteiger partial charge in [-0.3, -0.25) is 4.79 Å². The molecule has 2 rings (SSSR count). The summed E-state index contributed by atoms with van der Waals surface area (Å²) < 4.78 is 28.3. The molecule has 7 heteroatoms. The molecule has 1 saturated carbocycles. The maximum absolute atomic E-state index is 12.0. The zero-order chi connectivity index (χ0) is 14.6. The minimum atomic E-state index is -3.29. The van der Waals surface area contributed by atoms with Gasteiger partial charge >= 0.3 is 0 Å². The summed E-state index contributed by atoms with van der Waals surface area (Å²) in [7, 11) is -1.62. The largest absolute Gasteiger partial charge is 0.359 e. The second-order valence-corrected chi connectivity index (χ2v) is 7.55. The van der Waals surface area contributed by atoms with Gasteiger partial charge in [0.25, 0.3) is 10.2 Å². The standard InChI is InChI=1S/C13H25N3O3S/c1-14-13(17)12-6-4-11(5-7-12)10-15-20(18,19)16-8-2-3-9-16/h11-12,15H,2-10H2,1H3,(H,14,17). The van der Waals surface area contributed by atoms with Crippen LogP contribution in [0.4, 0.5) is 0 Å². The molecule has 0 atom stereocenters. The SMILES string of the molecule is CNC(=O)C1CCC(CNS(=O)(=O)N2CCCC2)CC1. The first-order chi connectivity index (χ1) is 9.53. The molecule has 0 spiro atoms. The van der Waals surface area contributed by atoms with Crippen molar-refractivity contribution in [3.05, 3.63) is 0 Å². The van der Waals surface area contributed by atoms with E-state index >= 15 is 0 Å². The summed E-state index contributed by atoms with van der Waals surface area (Å²) in [5.41, 5.74) is 0. The van der Waals surface area contributed by atoms with Gasteiger partial charge < -0.3 is 5.32 Å². The summed E-state index contributed by atoms with van der Waals surface area (Å²) in [6, 6.07) is 0. The molecule has 6 nitrogen and oxygen atoms in total. The van der Waals surface area contributed by atoms with Gasteiger partial charge in [0.1, 0.15) is 0 Å². The lowest BCUT2D eigenvalue weighted by atomic mass is 9.82. The third kappa shape index (κ3) is 3.93. The molecule has 0 radical (unpaired) electrons. The lowest BCUT2D eigenvalue weighted by molar-refractivity contribution is -0.125. The van der Waals surface area contributed by atoms with Gasteiger partial charge in [0.2, 0.25) is 5.91 Å². The molecule has 1 aliphatic carbocycles. The van der Waals surface area contributed by atoms with Crippen molar-refractivity contribution in [2.75, 3.05) is 26.7 Å². The zero-order valence-corrected chi connectivity index (χ0v) is 12.9. The van der Waals surface area contributed by atoms with Crippen LogP contribution < -0.4 is 10.0 Å². The second kappa shape index (κ2) is 6.87. The zero-order valence-electron chi connectivity index (χ0n) is 12.1. The van der Waals surface area contributed by atoms with E-state index in [0.29, 0.717) is 25.6 Å². The van der Waals surface area contributed by atoms with Crippen LogP contribution in [0.5, 0.6) is 0 Å². The summed E-state index contributed by atoms with van der Waals surface area (Å²) in [4.78, 5) is 11.5. The van der Waals surface area contributed by atoms with E-state index in [0.717, 1.165) is 38.5 Å². The number of carbonyl (C=O) groups excluding carboxylic acids is 1. The molecule has 1 heterocycles. The van der Waals surface area contributed by atoms with Gasteiger partial charge in [0.15, 0.2) is 0 Å². The number of rotatable bonds is 5. The molecule has 0 aromatic rings. The van der Waals surface area contributed by atoms with Crippen molar-refractivity contribution in [3.8, 4) is 0 Å². The first-order valence-electron chi connectivity index (χ1n) is 7.49. The topological polar surface area (TPSA) is 78.5 Å². The predicted octanol–water partition coefficient (Wildman–Crippen LogP) is 0.469. The fourth-order valence-electron chi connectivity index (χ4n) is 3.08. The van der Waals surface area contributed by atoms with Crippen LogP contribution in [0.2, 0.25) is 0 Å². The first-order valence-corrected chi connectivity index (χ1v) is 8.93. The molecule has 2 N–H and O–H groups in total. The van der Waals surface area contributed by atoms with Crippen LogP contribution in [0.15, 0.2) is 0 Å². The van der Waals surface area contributed by atoms with Crippen LogP contribution in [0, 0.1) is 11.8 Å². The maximum Gasteiger partial charge on any atom is 0.279 e. The third-order valence-electron chi connectivity index (χ3n) is 4.42. The Hall–Kier alpha value is -0.660. The van der Waals surface area contributed by atoms with Crippen molar-refractivity contribution in [2.24, 2.45) is 11.8 Å². The van der Waals surface area contributed by atoms with Gasteiger partial charge in [-0.25, -0.2) is 4.72 Å². The van der Waals surface area contributed by atoms with Crippen molar-refractivity contribution >= 4 is 16.1 Å². The van der Waals surface area contributed by atoms with Crippen LogP contribution in [0.1, 0.15) is 38.5 Å². The van der Waals surface area contributed by atoms with Crippen molar-refractivity contribution in [3.63, 3.8) is 0 Å². The molecular formula is C13H25N3O3S. The average Bonchev–Trinajstić information content (AvgIpc) is 3.00. The molecule has 0 aromatic heterocycles. The van der Waals surface area contributed by atoms with E-state index in [4.69, 9.17) is 0 Å². The van der Waals surface area contributed by atoms with Crippen LogP contribution in [0.3, 0.4) is 0 Å². The number of nitrogens with one attached hydrogen (secondary N) is 2. The van der Waals surface area contributed by atoms with E-state index < -0.39 is 10.2 Å². The van der Waals surface area contributed by atoms with Crippen molar-refractivity contribution in [1.29, 1.82) is 0 Å². The Kier molecular flexibility index (Phi) is 5.40. The molecule has 0 bridgehead atoms. The van der Waals surface area contributed by atoms with E-state index in [1.807, 2.05) is 0 Å². The number of carbonyl (C=O) groups is 1. The predicted molar refractivity (Wildman–Crippen MR) is 77.2 cm³/mol. The Morgan fingerprint density at radius 1 is 1.15 bits per heavy atom. The first kappa shape index (κ1) is 15.7. The molecule has 1 amide bonds. The molecule has 20 heavy (non-hydrogen) atoms. The van der Waals surface area contributed by atoms with E-state index in [-0.39, 0.29) is 11.8 Å². The molecule has 2 aliphatic rings. The molecule has 1 saturated heterocycles. The Bertz CT molecular complexity index is 424. The summed E-state index contributed by atoms with van der Waals surface area (Å²) in [5, 5.41) is 2.69. The second-order valence-electron chi connectivity index (χ2n) is 5.79. The Morgan fingerprint density at radius 2 is 1.75 bits per heavy atom. The van der Waals surface area contributed by atoms with Gasteiger partial charge in [-0.05, 0) is 44.4 Å². The molecule has 1 aliphatic heterocycles. The lowest BCUT2D eigenvalue weighted by Gasteiger charge is -2.28. The van der Waals surface area contributed by atoms with E-state index in [1.54, 1.807) is 7.05 Å². The van der Waals surface area contributed by atoms with E-state index in [2.05, 4.69) is 10.0 Å². The summed E-state index contributed by atoms with van der Waals surface area (Å²) >= 11 is 0. The number of amides is 1. The number of hydrogen-bond donors (Lipinski definition) is 2. The minimum absolute atomic E-state index is 0.103. The summed E-state index contributed by atoms with van der Waals surface area (Å²) in [6.07, 6.45) is 5.46. The number of hydrogen-bond acceptors (Lipinski definition) is 3. The Balaban J connectivity index is 1.74. The highest BCUT2D eigenvalue weighted by Crippen LogP contribution is 2.28. The van der Waals surface area contributed by atoms with Crippen molar-refractivity contribution < 1.29 is 13.2 Å². The third-order valence-corrected chi connectivity index (χ3v) is 6.00. The highest BCUT2D eigenvalue weighted by molar-refractivity contribution is 7.87. The summed E-state index contributed by atoms with van der Waals surface area (Å²) in [6.45, 7) is 1.77. The smallest absolute Gasteiger partial charge is 0.279 e. The monoisotopic (exact) mass is 303 g/mol. The fourth-order valence-corrected chi connectivity index (χ4v) is 4.44. The van der Waals surface area contributed by atoms with Gasteiger partial charge in [0.05, 0.1) is 0 Å². The minimum Gasteiger partial charge on any atom is -0.359 e. The average molecular weight is 303 g/mol. The Labute approximate surface area is 121 Å². The van der Waals surface area contributed by atoms with Gasteiger partial charge in [-0.2, -0.15) is 12.7 Å². The van der Waals surface area contributed by atoms with Crippen molar-refractivity contribution in [2.45, 2.75) is 38.5 Å². The van der Waals surface area contributed by atoms with E-state index in [1.165, 1.54) is 4.31 Å². The normalized spacial score (nSPS) is 28.4. The van der Waals surface area contributed by atoms with E-state index in [9.17, 15) is 13.2 Å². The molecule has 0 aromatic carbocycles. The van der Waals surface area contributed by atoms with Crippen molar-refractivity contribution in [1.82, 2.24) is 14.3 Å². The van der Waals surface area contributed by atoms with Crippen LogP contribution >= 0.6 is 0 Å². The molecule has 2 fully saturated rings. The van der Waals surface area contributed by atoms with Crippen LogP contribution in [-0.2, 0) is 15.0 Å². The summed E-state index contributed by atoms with van der Waals surface area (Å²) in [5.74, 6) is 0.570. The Morgan fingerprint density at radius 3 is 2.30 bits per heavy atom.